The van der Waals surface area contributed by atoms with Crippen LogP contribution in [0, 0.1) is 0 Å². The second-order valence-corrected chi connectivity index (χ2v) is 6.28. The van der Waals surface area contributed by atoms with Gasteiger partial charge in [0, 0.05) is 23.3 Å². The number of carbonyl (C=O) groups excluding carboxylic acids is 2. The molecule has 2 N–H and O–H groups in total. The molecule has 132 valence electrons. The first-order valence-electron chi connectivity index (χ1n) is 8.41. The maximum Gasteiger partial charge on any atom is 0.228 e. The number of aryl methyl sites for hydroxylation is 1. The third-order valence-corrected chi connectivity index (χ3v) is 4.33. The average molecular weight is 359 g/mol. The Morgan fingerprint density at radius 1 is 0.960 bits per heavy atom. The first-order valence-corrected chi connectivity index (χ1v) is 8.79. The number of carbonyl (C=O) groups is 2. The molecule has 0 aliphatic heterocycles. The van der Waals surface area contributed by atoms with Gasteiger partial charge in [0.1, 0.15) is 0 Å². The quantitative estimate of drug-likeness (QED) is 0.792. The normalized spacial score (nSPS) is 10.4. The zero-order valence-corrected chi connectivity index (χ0v) is 15.5. The van der Waals surface area contributed by atoms with Crippen LogP contribution in [0.15, 0.2) is 36.4 Å². The number of hydrogen-bond acceptors (Lipinski definition) is 2. The molecule has 0 saturated carbocycles. The molecular formula is C20H23ClN2O2. The summed E-state index contributed by atoms with van der Waals surface area (Å²) < 4.78 is 0. The van der Waals surface area contributed by atoms with Crippen molar-refractivity contribution in [2.24, 2.45) is 0 Å². The van der Waals surface area contributed by atoms with E-state index in [4.69, 9.17) is 11.6 Å². The number of benzene rings is 2. The second kappa shape index (κ2) is 8.67. The van der Waals surface area contributed by atoms with Crippen molar-refractivity contribution in [3.8, 4) is 0 Å². The Labute approximate surface area is 153 Å². The lowest BCUT2D eigenvalue weighted by Crippen LogP contribution is -2.17. The molecule has 0 aromatic heterocycles. The van der Waals surface area contributed by atoms with Crippen molar-refractivity contribution in [2.45, 2.75) is 40.0 Å². The van der Waals surface area contributed by atoms with Gasteiger partial charge in [0.15, 0.2) is 0 Å². The third-order valence-electron chi connectivity index (χ3n) is 3.98. The molecule has 0 unspecified atom stereocenters. The molecule has 0 aliphatic carbocycles. The average Bonchev–Trinajstić information content (AvgIpc) is 2.56. The van der Waals surface area contributed by atoms with E-state index in [1.54, 1.807) is 12.1 Å². The molecule has 0 aliphatic rings. The minimum atomic E-state index is -0.120. The largest absolute Gasteiger partial charge is 0.326 e. The summed E-state index contributed by atoms with van der Waals surface area (Å²) in [6.45, 7) is 5.54. The monoisotopic (exact) mass is 358 g/mol. The lowest BCUT2D eigenvalue weighted by molar-refractivity contribution is -0.116. The molecule has 2 aromatic carbocycles. The Morgan fingerprint density at radius 3 is 2.20 bits per heavy atom. The number of amides is 2. The maximum absolute atomic E-state index is 12.5. The summed E-state index contributed by atoms with van der Waals surface area (Å²) >= 11 is 6.28. The Morgan fingerprint density at radius 2 is 1.64 bits per heavy atom. The molecule has 0 fully saturated rings. The van der Waals surface area contributed by atoms with Gasteiger partial charge >= 0.3 is 0 Å². The lowest BCUT2D eigenvalue weighted by atomic mass is 10.0. The van der Waals surface area contributed by atoms with Gasteiger partial charge in [0.25, 0.3) is 0 Å². The summed E-state index contributed by atoms with van der Waals surface area (Å²) in [5.41, 5.74) is 4.47. The van der Waals surface area contributed by atoms with Gasteiger partial charge in [-0.3, -0.25) is 9.59 Å². The fourth-order valence-corrected chi connectivity index (χ4v) is 3.04. The SMILES string of the molecule is CCc1ccc(Cl)c(CC)c1NC(=O)Cc1ccc(NC(C)=O)cc1. The van der Waals surface area contributed by atoms with Crippen molar-refractivity contribution in [1.29, 1.82) is 0 Å². The van der Waals surface area contributed by atoms with Crippen molar-refractivity contribution in [2.75, 3.05) is 10.6 Å². The van der Waals surface area contributed by atoms with Gasteiger partial charge in [-0.05, 0) is 47.7 Å². The fraction of sp³-hybridized carbons (Fsp3) is 0.300. The predicted molar refractivity (Wildman–Crippen MR) is 103 cm³/mol. The highest BCUT2D eigenvalue weighted by Crippen LogP contribution is 2.29. The van der Waals surface area contributed by atoms with Crippen LogP contribution < -0.4 is 10.6 Å². The van der Waals surface area contributed by atoms with E-state index < -0.39 is 0 Å². The molecular weight excluding hydrogens is 336 g/mol. The van der Waals surface area contributed by atoms with Crippen LogP contribution in [0.4, 0.5) is 11.4 Å². The molecule has 0 atom stereocenters. The number of hydrogen-bond donors (Lipinski definition) is 2. The molecule has 2 amide bonds. The van der Waals surface area contributed by atoms with Crippen molar-refractivity contribution in [3.05, 3.63) is 58.1 Å². The summed E-state index contributed by atoms with van der Waals surface area (Å²) in [6.07, 6.45) is 1.85. The molecule has 4 nitrogen and oxygen atoms in total. The predicted octanol–water partition coefficient (Wildman–Crippen LogP) is 4.60. The van der Waals surface area contributed by atoms with Gasteiger partial charge in [-0.15, -0.1) is 0 Å². The molecule has 0 heterocycles. The van der Waals surface area contributed by atoms with E-state index in [1.807, 2.05) is 31.2 Å². The van der Waals surface area contributed by atoms with Gasteiger partial charge in [-0.25, -0.2) is 0 Å². The minimum absolute atomic E-state index is 0.0843. The molecule has 0 bridgehead atoms. The van der Waals surface area contributed by atoms with Gasteiger partial charge < -0.3 is 10.6 Å². The van der Waals surface area contributed by atoms with Crippen molar-refractivity contribution < 1.29 is 9.59 Å². The van der Waals surface area contributed by atoms with Crippen molar-refractivity contribution in [3.63, 3.8) is 0 Å². The summed E-state index contributed by atoms with van der Waals surface area (Å²) in [5.74, 6) is -0.204. The molecule has 0 saturated heterocycles. The molecule has 25 heavy (non-hydrogen) atoms. The third kappa shape index (κ3) is 5.07. The standard InChI is InChI=1S/C20H23ClN2O2/c1-4-15-8-11-18(21)17(5-2)20(15)23-19(25)12-14-6-9-16(10-7-14)22-13(3)24/h6-11H,4-5,12H2,1-3H3,(H,22,24)(H,23,25). The zero-order valence-electron chi connectivity index (χ0n) is 14.8. The van der Waals surface area contributed by atoms with Crippen molar-refractivity contribution >= 4 is 34.8 Å². The summed E-state index contributed by atoms with van der Waals surface area (Å²) in [7, 11) is 0. The van der Waals surface area contributed by atoms with Gasteiger partial charge in [0.05, 0.1) is 6.42 Å². The summed E-state index contributed by atoms with van der Waals surface area (Å²) in [4.78, 5) is 23.5. The van der Waals surface area contributed by atoms with E-state index in [-0.39, 0.29) is 18.2 Å². The van der Waals surface area contributed by atoms with Crippen LogP contribution in [-0.4, -0.2) is 11.8 Å². The Hall–Kier alpha value is -2.33. The molecule has 0 spiro atoms. The molecule has 2 aromatic rings. The van der Waals surface area contributed by atoms with Gasteiger partial charge in [-0.2, -0.15) is 0 Å². The van der Waals surface area contributed by atoms with Gasteiger partial charge in [-0.1, -0.05) is 43.6 Å². The number of anilines is 2. The van der Waals surface area contributed by atoms with Crippen LogP contribution in [0.3, 0.4) is 0 Å². The van der Waals surface area contributed by atoms with E-state index in [9.17, 15) is 9.59 Å². The van der Waals surface area contributed by atoms with Gasteiger partial charge in [0.2, 0.25) is 11.8 Å². The topological polar surface area (TPSA) is 58.2 Å². The highest BCUT2D eigenvalue weighted by atomic mass is 35.5. The Bertz CT molecular complexity index is 770. The van der Waals surface area contributed by atoms with E-state index in [0.717, 1.165) is 35.2 Å². The number of halogens is 1. The van der Waals surface area contributed by atoms with E-state index in [0.29, 0.717) is 10.7 Å². The number of nitrogens with one attached hydrogen (secondary N) is 2. The minimum Gasteiger partial charge on any atom is -0.326 e. The molecule has 2 rings (SSSR count). The first-order chi connectivity index (χ1) is 11.9. The van der Waals surface area contributed by atoms with Crippen LogP contribution in [0.5, 0.6) is 0 Å². The zero-order chi connectivity index (χ0) is 18.4. The maximum atomic E-state index is 12.5. The summed E-state index contributed by atoms with van der Waals surface area (Å²) in [6, 6.07) is 11.1. The highest BCUT2D eigenvalue weighted by Gasteiger charge is 2.13. The van der Waals surface area contributed by atoms with Crippen LogP contribution in [0.25, 0.3) is 0 Å². The van der Waals surface area contributed by atoms with Crippen molar-refractivity contribution in [1.82, 2.24) is 0 Å². The van der Waals surface area contributed by atoms with Crippen LogP contribution in [-0.2, 0) is 28.9 Å². The smallest absolute Gasteiger partial charge is 0.228 e. The van der Waals surface area contributed by atoms with Crippen LogP contribution >= 0.6 is 11.6 Å². The van der Waals surface area contributed by atoms with E-state index >= 15 is 0 Å². The van der Waals surface area contributed by atoms with E-state index in [2.05, 4.69) is 17.6 Å². The van der Waals surface area contributed by atoms with E-state index in [1.165, 1.54) is 6.92 Å². The Balaban J connectivity index is 2.12. The molecule has 0 radical (unpaired) electrons. The fourth-order valence-electron chi connectivity index (χ4n) is 2.75. The summed E-state index contributed by atoms with van der Waals surface area (Å²) in [5, 5.41) is 6.41. The highest BCUT2D eigenvalue weighted by molar-refractivity contribution is 6.32. The second-order valence-electron chi connectivity index (χ2n) is 5.87. The van der Waals surface area contributed by atoms with Crippen LogP contribution in [0.1, 0.15) is 37.5 Å². The Kier molecular flexibility index (Phi) is 6.59. The lowest BCUT2D eigenvalue weighted by Gasteiger charge is -2.16. The first kappa shape index (κ1) is 19.0. The molecule has 5 heteroatoms. The number of rotatable bonds is 6. The van der Waals surface area contributed by atoms with Crippen LogP contribution in [0.2, 0.25) is 5.02 Å².